The molecule has 9 nitrogen and oxygen atoms in total. The lowest BCUT2D eigenvalue weighted by molar-refractivity contribution is 0.418. The van der Waals surface area contributed by atoms with E-state index in [9.17, 15) is 0 Å². The third kappa shape index (κ3) is 3.62. The normalized spacial score (nSPS) is 16.1. The van der Waals surface area contributed by atoms with E-state index < -0.39 is 0 Å². The van der Waals surface area contributed by atoms with Crippen molar-refractivity contribution in [2.45, 2.75) is 32.2 Å². The number of hydrogen-bond donors (Lipinski definition) is 2. The Labute approximate surface area is 179 Å². The summed E-state index contributed by atoms with van der Waals surface area (Å²) in [6.07, 6.45) is 6.06. The van der Waals surface area contributed by atoms with Crippen LogP contribution in [-0.2, 0) is 0 Å². The monoisotopic (exact) mass is 414 g/mol. The number of nitrogens with zero attached hydrogens (tertiary/aromatic N) is 6. The molecule has 5 heterocycles. The smallest absolute Gasteiger partial charge is 0.170 e. The summed E-state index contributed by atoms with van der Waals surface area (Å²) >= 11 is 0. The predicted octanol–water partition coefficient (Wildman–Crippen LogP) is 3.24. The highest BCUT2D eigenvalue weighted by atomic mass is 16.5. The minimum atomic E-state index is 0.209. The Morgan fingerprint density at radius 3 is 2.90 bits per heavy atom. The van der Waals surface area contributed by atoms with Crippen LogP contribution in [0.25, 0.3) is 28.2 Å². The molecule has 31 heavy (non-hydrogen) atoms. The van der Waals surface area contributed by atoms with Gasteiger partial charge in [0, 0.05) is 48.4 Å². The number of nitriles is 1. The highest BCUT2D eigenvalue weighted by molar-refractivity contribution is 5.79. The number of aromatic nitrogens is 5. The van der Waals surface area contributed by atoms with Crippen molar-refractivity contribution in [3.63, 3.8) is 0 Å². The molecule has 1 unspecified atom stereocenters. The van der Waals surface area contributed by atoms with Crippen LogP contribution in [0.4, 0.5) is 5.69 Å². The number of pyridine rings is 2. The Morgan fingerprint density at radius 1 is 1.23 bits per heavy atom. The Morgan fingerprint density at radius 2 is 2.13 bits per heavy atom. The average Bonchev–Trinajstić information content (AvgIpc) is 3.52. The van der Waals surface area contributed by atoms with E-state index in [4.69, 9.17) is 9.78 Å². The van der Waals surface area contributed by atoms with Gasteiger partial charge in [-0.3, -0.25) is 0 Å². The molecular weight excluding hydrogens is 392 g/mol. The highest BCUT2D eigenvalue weighted by Crippen LogP contribution is 2.33. The van der Waals surface area contributed by atoms with E-state index in [1.807, 2.05) is 12.1 Å². The van der Waals surface area contributed by atoms with Crippen LogP contribution < -0.4 is 10.6 Å². The van der Waals surface area contributed by atoms with Crippen molar-refractivity contribution in [1.29, 1.82) is 5.26 Å². The van der Waals surface area contributed by atoms with E-state index in [1.54, 1.807) is 23.1 Å². The Kier molecular flexibility index (Phi) is 4.84. The predicted molar refractivity (Wildman–Crippen MR) is 116 cm³/mol. The van der Waals surface area contributed by atoms with E-state index in [0.717, 1.165) is 41.8 Å². The van der Waals surface area contributed by atoms with Crippen LogP contribution in [-0.4, -0.2) is 44.0 Å². The molecule has 0 spiro atoms. The molecule has 4 aromatic rings. The SMILES string of the molecule is CC(C)Nc1cc(-n2ncc3cc(C#N)cnc32)ncc1-c1cc(C2CCNC2)no1. The summed E-state index contributed by atoms with van der Waals surface area (Å²) in [6.45, 7) is 6.08. The summed E-state index contributed by atoms with van der Waals surface area (Å²) in [5.41, 5.74) is 3.83. The standard InChI is InChI=1S/C22H22N8O/c1-13(2)28-19-7-21(30-22-16(11-27-30)5-14(8-23)9-26-22)25-12-17(19)20-6-18(29-31-20)15-3-4-24-10-15/h5-7,9,11-13,15,24H,3-4,10H2,1-2H3,(H,25,28). The maximum Gasteiger partial charge on any atom is 0.170 e. The molecule has 1 atom stereocenters. The summed E-state index contributed by atoms with van der Waals surface area (Å²) in [6, 6.07) is 8.02. The van der Waals surface area contributed by atoms with Gasteiger partial charge in [0.1, 0.15) is 6.07 Å². The Hall–Kier alpha value is -3.77. The summed E-state index contributed by atoms with van der Waals surface area (Å²) in [4.78, 5) is 9.01. The summed E-state index contributed by atoms with van der Waals surface area (Å²) in [5.74, 6) is 1.69. The van der Waals surface area contributed by atoms with Gasteiger partial charge in [-0.05, 0) is 32.9 Å². The molecule has 156 valence electrons. The molecule has 9 heteroatoms. The average molecular weight is 414 g/mol. The van der Waals surface area contributed by atoms with Gasteiger partial charge in [0.05, 0.1) is 28.7 Å². The van der Waals surface area contributed by atoms with Gasteiger partial charge in [0.15, 0.2) is 17.2 Å². The van der Waals surface area contributed by atoms with E-state index in [1.165, 1.54) is 6.20 Å². The third-order valence-electron chi connectivity index (χ3n) is 5.36. The lowest BCUT2D eigenvalue weighted by Gasteiger charge is -2.14. The van der Waals surface area contributed by atoms with Gasteiger partial charge in [-0.1, -0.05) is 5.16 Å². The van der Waals surface area contributed by atoms with E-state index in [-0.39, 0.29) is 6.04 Å². The first-order chi connectivity index (χ1) is 15.1. The molecule has 2 N–H and O–H groups in total. The fourth-order valence-corrected chi connectivity index (χ4v) is 3.85. The molecule has 1 aliphatic rings. The molecule has 0 aliphatic carbocycles. The Balaban J connectivity index is 1.55. The van der Waals surface area contributed by atoms with Crippen molar-refractivity contribution in [2.24, 2.45) is 0 Å². The molecule has 0 bridgehead atoms. The van der Waals surface area contributed by atoms with Crippen LogP contribution in [0.5, 0.6) is 0 Å². The molecule has 0 amide bonds. The minimum absolute atomic E-state index is 0.209. The lowest BCUT2D eigenvalue weighted by Crippen LogP contribution is -2.12. The van der Waals surface area contributed by atoms with Crippen LogP contribution in [0.1, 0.15) is 37.4 Å². The van der Waals surface area contributed by atoms with E-state index >= 15 is 0 Å². The van der Waals surface area contributed by atoms with Gasteiger partial charge in [-0.2, -0.15) is 15.0 Å². The van der Waals surface area contributed by atoms with Gasteiger partial charge in [0.2, 0.25) is 0 Å². The zero-order valence-corrected chi connectivity index (χ0v) is 17.3. The molecule has 1 fully saturated rings. The summed E-state index contributed by atoms with van der Waals surface area (Å²) < 4.78 is 7.36. The van der Waals surface area contributed by atoms with Crippen molar-refractivity contribution in [3.8, 4) is 23.2 Å². The molecular formula is C22H22N8O. The van der Waals surface area contributed by atoms with Crippen LogP contribution in [0, 0.1) is 11.3 Å². The van der Waals surface area contributed by atoms with Crippen LogP contribution >= 0.6 is 0 Å². The second kappa shape index (κ2) is 7.81. The first-order valence-corrected chi connectivity index (χ1v) is 10.3. The first kappa shape index (κ1) is 19.2. The molecule has 0 radical (unpaired) electrons. The van der Waals surface area contributed by atoms with Crippen LogP contribution in [0.15, 0.2) is 41.3 Å². The van der Waals surface area contributed by atoms with Crippen molar-refractivity contribution < 1.29 is 4.52 Å². The van der Waals surface area contributed by atoms with E-state index in [2.05, 4.69) is 50.8 Å². The van der Waals surface area contributed by atoms with Crippen molar-refractivity contribution in [2.75, 3.05) is 18.4 Å². The molecule has 0 saturated carbocycles. The quantitative estimate of drug-likeness (QED) is 0.511. The molecule has 5 rings (SSSR count). The number of hydrogen-bond acceptors (Lipinski definition) is 8. The Bertz CT molecular complexity index is 1280. The molecule has 1 aliphatic heterocycles. The summed E-state index contributed by atoms with van der Waals surface area (Å²) in [5, 5.41) is 25.4. The first-order valence-electron chi connectivity index (χ1n) is 10.3. The minimum Gasteiger partial charge on any atom is -0.382 e. The second-order valence-corrected chi connectivity index (χ2v) is 8.00. The maximum absolute atomic E-state index is 9.10. The maximum atomic E-state index is 9.10. The molecule has 1 saturated heterocycles. The van der Waals surface area contributed by atoms with Gasteiger partial charge in [-0.15, -0.1) is 0 Å². The van der Waals surface area contributed by atoms with Crippen LogP contribution in [0.2, 0.25) is 0 Å². The molecule has 4 aromatic heterocycles. The van der Waals surface area contributed by atoms with Crippen molar-refractivity contribution in [3.05, 3.63) is 48.0 Å². The zero-order valence-electron chi connectivity index (χ0n) is 17.3. The topological polar surface area (TPSA) is 117 Å². The number of fused-ring (bicyclic) bond motifs is 1. The van der Waals surface area contributed by atoms with Gasteiger partial charge in [0.25, 0.3) is 0 Å². The highest BCUT2D eigenvalue weighted by Gasteiger charge is 2.22. The zero-order chi connectivity index (χ0) is 21.4. The molecule has 0 aromatic carbocycles. The largest absolute Gasteiger partial charge is 0.382 e. The van der Waals surface area contributed by atoms with Gasteiger partial charge < -0.3 is 15.2 Å². The third-order valence-corrected chi connectivity index (χ3v) is 5.36. The van der Waals surface area contributed by atoms with Gasteiger partial charge >= 0.3 is 0 Å². The fraction of sp³-hybridized carbons (Fsp3) is 0.318. The number of anilines is 1. The van der Waals surface area contributed by atoms with Crippen LogP contribution in [0.3, 0.4) is 0 Å². The number of nitrogens with one attached hydrogen (secondary N) is 2. The second-order valence-electron chi connectivity index (χ2n) is 8.00. The van der Waals surface area contributed by atoms with Crippen molar-refractivity contribution in [1.82, 2.24) is 30.2 Å². The van der Waals surface area contributed by atoms with Gasteiger partial charge in [-0.25, -0.2) is 9.97 Å². The van der Waals surface area contributed by atoms with E-state index in [0.29, 0.717) is 28.7 Å². The fourth-order valence-electron chi connectivity index (χ4n) is 3.85. The number of rotatable bonds is 5. The van der Waals surface area contributed by atoms with Crippen molar-refractivity contribution >= 4 is 16.7 Å². The summed E-state index contributed by atoms with van der Waals surface area (Å²) in [7, 11) is 0. The lowest BCUT2D eigenvalue weighted by atomic mass is 10.0.